The number of nitrogens with one attached hydrogen (secondary N) is 1. The lowest BCUT2D eigenvalue weighted by Crippen LogP contribution is -2.35. The van der Waals surface area contributed by atoms with E-state index in [1.165, 1.54) is 11.8 Å². The number of carbonyl (C=O) groups excluding carboxylic acids is 1. The van der Waals surface area contributed by atoms with Gasteiger partial charge in [0.05, 0.1) is 5.57 Å². The number of halogens is 2. The normalized spacial score (nSPS) is 17.7. The SMILES string of the molecule is Cc1cc(/C=C2/C(=N)N3C=CSC3=NC2=O)c(C)n1-c1cc(Cl)cc(Cl)c1. The fourth-order valence-electron chi connectivity index (χ4n) is 3.19. The van der Waals surface area contributed by atoms with E-state index in [0.717, 1.165) is 22.6 Å². The average Bonchev–Trinajstić information content (AvgIpc) is 3.15. The first-order chi connectivity index (χ1) is 12.8. The van der Waals surface area contributed by atoms with E-state index >= 15 is 0 Å². The van der Waals surface area contributed by atoms with E-state index in [4.69, 9.17) is 28.6 Å². The van der Waals surface area contributed by atoms with E-state index in [1.807, 2.05) is 36.6 Å². The van der Waals surface area contributed by atoms with Crippen LogP contribution < -0.4 is 0 Å². The largest absolute Gasteiger partial charge is 0.318 e. The molecule has 2 aliphatic rings. The molecule has 0 radical (unpaired) electrons. The van der Waals surface area contributed by atoms with Gasteiger partial charge in [-0.05, 0) is 55.2 Å². The number of amides is 1. The van der Waals surface area contributed by atoms with Crippen molar-refractivity contribution in [3.63, 3.8) is 0 Å². The van der Waals surface area contributed by atoms with Gasteiger partial charge in [0, 0.05) is 33.3 Å². The Bertz CT molecular complexity index is 1080. The molecular formula is C19H14Cl2N4OS. The zero-order chi connectivity index (χ0) is 19.3. The lowest BCUT2D eigenvalue weighted by Gasteiger charge is -2.22. The Hall–Kier alpha value is -2.28. The number of aliphatic imine (C=N–C) groups is 1. The molecule has 27 heavy (non-hydrogen) atoms. The first-order valence-corrected chi connectivity index (χ1v) is 9.70. The van der Waals surface area contributed by atoms with Crippen LogP contribution in [0, 0.1) is 19.3 Å². The van der Waals surface area contributed by atoms with Crippen LogP contribution in [0.25, 0.3) is 11.8 Å². The Kier molecular flexibility index (Phi) is 4.50. The van der Waals surface area contributed by atoms with Gasteiger partial charge in [-0.1, -0.05) is 35.0 Å². The standard InChI is InChI=1S/C19H14Cl2N4OS/c1-10-5-12(11(2)25(10)15-8-13(20)7-14(21)9-15)6-16-17(22)24-3-4-27-19(24)23-18(16)26/h3-9,22H,1-2H3/b16-6-,22-17?. The fourth-order valence-corrected chi connectivity index (χ4v) is 4.41. The molecule has 0 saturated carbocycles. The first-order valence-electron chi connectivity index (χ1n) is 8.07. The summed E-state index contributed by atoms with van der Waals surface area (Å²) in [5.74, 6) is -0.278. The molecule has 0 unspecified atom stereocenters. The maximum atomic E-state index is 12.4. The van der Waals surface area contributed by atoms with Crippen LogP contribution in [0.15, 0.2) is 46.4 Å². The molecular weight excluding hydrogens is 403 g/mol. The molecule has 8 heteroatoms. The van der Waals surface area contributed by atoms with Gasteiger partial charge in [0.15, 0.2) is 5.17 Å². The van der Waals surface area contributed by atoms with Crippen molar-refractivity contribution in [2.45, 2.75) is 13.8 Å². The summed E-state index contributed by atoms with van der Waals surface area (Å²) in [6, 6.07) is 7.32. The molecule has 0 aliphatic carbocycles. The second-order valence-electron chi connectivity index (χ2n) is 6.17. The third kappa shape index (κ3) is 3.14. The molecule has 5 nitrogen and oxygen atoms in total. The van der Waals surface area contributed by atoms with Gasteiger partial charge in [-0.25, -0.2) is 0 Å². The van der Waals surface area contributed by atoms with Gasteiger partial charge in [0.25, 0.3) is 5.91 Å². The number of carbonyl (C=O) groups is 1. The minimum atomic E-state index is -0.405. The zero-order valence-electron chi connectivity index (χ0n) is 14.5. The van der Waals surface area contributed by atoms with Crippen molar-refractivity contribution < 1.29 is 4.79 Å². The van der Waals surface area contributed by atoms with Crippen molar-refractivity contribution in [2.24, 2.45) is 4.99 Å². The van der Waals surface area contributed by atoms with E-state index in [9.17, 15) is 4.79 Å². The Morgan fingerprint density at radius 2 is 1.85 bits per heavy atom. The highest BCUT2D eigenvalue weighted by atomic mass is 35.5. The molecule has 0 atom stereocenters. The minimum absolute atomic E-state index is 0.127. The molecule has 0 saturated heterocycles. The number of fused-ring (bicyclic) bond motifs is 1. The van der Waals surface area contributed by atoms with Crippen molar-refractivity contribution in [1.82, 2.24) is 9.47 Å². The van der Waals surface area contributed by atoms with Gasteiger partial charge in [-0.3, -0.25) is 15.1 Å². The number of rotatable bonds is 2. The Morgan fingerprint density at radius 3 is 2.56 bits per heavy atom. The van der Waals surface area contributed by atoms with Crippen molar-refractivity contribution >= 4 is 58.0 Å². The number of thioether (sulfide) groups is 1. The van der Waals surface area contributed by atoms with Crippen molar-refractivity contribution in [3.05, 3.63) is 68.4 Å². The van der Waals surface area contributed by atoms with Crippen LogP contribution in [-0.2, 0) is 4.79 Å². The van der Waals surface area contributed by atoms with Crippen LogP contribution in [0.1, 0.15) is 17.0 Å². The topological polar surface area (TPSA) is 61.5 Å². The summed E-state index contributed by atoms with van der Waals surface area (Å²) in [4.78, 5) is 18.1. The predicted molar refractivity (Wildman–Crippen MR) is 112 cm³/mol. The third-order valence-electron chi connectivity index (χ3n) is 4.39. The number of nitrogens with zero attached hydrogens (tertiary/aromatic N) is 3. The first kappa shape index (κ1) is 18.1. The van der Waals surface area contributed by atoms with E-state index < -0.39 is 5.91 Å². The number of benzene rings is 1. The Labute approximate surface area is 170 Å². The average molecular weight is 417 g/mol. The smallest absolute Gasteiger partial charge is 0.283 e. The lowest BCUT2D eigenvalue weighted by molar-refractivity contribution is -0.114. The molecule has 2 aromatic rings. The predicted octanol–water partition coefficient (Wildman–Crippen LogP) is 5.18. The highest BCUT2D eigenvalue weighted by Gasteiger charge is 2.31. The van der Waals surface area contributed by atoms with Crippen molar-refractivity contribution in [3.8, 4) is 5.69 Å². The van der Waals surface area contributed by atoms with Gasteiger partial charge in [0.1, 0.15) is 5.84 Å². The lowest BCUT2D eigenvalue weighted by atomic mass is 10.1. The second kappa shape index (κ2) is 6.71. The van der Waals surface area contributed by atoms with Crippen LogP contribution in [-0.4, -0.2) is 26.4 Å². The fraction of sp³-hybridized carbons (Fsp3) is 0.105. The van der Waals surface area contributed by atoms with E-state index in [0.29, 0.717) is 15.2 Å². The Morgan fingerprint density at radius 1 is 1.15 bits per heavy atom. The molecule has 1 aromatic carbocycles. The van der Waals surface area contributed by atoms with Gasteiger partial charge >= 0.3 is 0 Å². The second-order valence-corrected chi connectivity index (χ2v) is 7.91. The van der Waals surface area contributed by atoms with Crippen LogP contribution in [0.2, 0.25) is 10.0 Å². The summed E-state index contributed by atoms with van der Waals surface area (Å²) in [5.41, 5.74) is 3.83. The van der Waals surface area contributed by atoms with Crippen LogP contribution >= 0.6 is 35.0 Å². The molecule has 0 spiro atoms. The van der Waals surface area contributed by atoms with E-state index in [-0.39, 0.29) is 11.4 Å². The number of aromatic nitrogens is 1. The van der Waals surface area contributed by atoms with Gasteiger partial charge in [0.2, 0.25) is 0 Å². The van der Waals surface area contributed by atoms with Gasteiger partial charge < -0.3 is 4.57 Å². The molecule has 0 bridgehead atoms. The number of amidine groups is 2. The summed E-state index contributed by atoms with van der Waals surface area (Å²) in [7, 11) is 0. The maximum absolute atomic E-state index is 12.4. The van der Waals surface area contributed by atoms with Crippen molar-refractivity contribution in [1.29, 1.82) is 5.41 Å². The molecule has 1 amide bonds. The monoisotopic (exact) mass is 416 g/mol. The molecule has 136 valence electrons. The molecule has 1 aromatic heterocycles. The van der Waals surface area contributed by atoms with E-state index in [2.05, 4.69) is 4.99 Å². The maximum Gasteiger partial charge on any atom is 0.283 e. The summed E-state index contributed by atoms with van der Waals surface area (Å²) < 4.78 is 2.02. The summed E-state index contributed by atoms with van der Waals surface area (Å²) in [6.07, 6.45) is 3.45. The zero-order valence-corrected chi connectivity index (χ0v) is 16.8. The third-order valence-corrected chi connectivity index (χ3v) is 5.58. The van der Waals surface area contributed by atoms with Gasteiger partial charge in [-0.15, -0.1) is 0 Å². The summed E-state index contributed by atoms with van der Waals surface area (Å²) >= 11 is 13.6. The van der Waals surface area contributed by atoms with Crippen LogP contribution in [0.5, 0.6) is 0 Å². The van der Waals surface area contributed by atoms with Crippen LogP contribution in [0.3, 0.4) is 0 Å². The number of aryl methyl sites for hydroxylation is 1. The molecule has 4 rings (SSSR count). The molecule has 0 fully saturated rings. The highest BCUT2D eigenvalue weighted by Crippen LogP contribution is 2.30. The minimum Gasteiger partial charge on any atom is -0.318 e. The molecule has 1 N–H and O–H groups in total. The highest BCUT2D eigenvalue weighted by molar-refractivity contribution is 8.16. The summed E-state index contributed by atoms with van der Waals surface area (Å²) in [6.45, 7) is 3.92. The molecule has 3 heterocycles. The van der Waals surface area contributed by atoms with Crippen molar-refractivity contribution in [2.75, 3.05) is 0 Å². The number of hydrogen-bond donors (Lipinski definition) is 1. The Balaban J connectivity index is 1.80. The molecule has 2 aliphatic heterocycles. The summed E-state index contributed by atoms with van der Waals surface area (Å²) in [5, 5.41) is 11.8. The quantitative estimate of drug-likeness (QED) is 0.686. The van der Waals surface area contributed by atoms with E-state index in [1.54, 1.807) is 28.7 Å². The van der Waals surface area contributed by atoms with Gasteiger partial charge in [-0.2, -0.15) is 4.99 Å². The van der Waals surface area contributed by atoms with Crippen LogP contribution in [0.4, 0.5) is 0 Å². The number of hydrogen-bond acceptors (Lipinski definition) is 3.